The quantitative estimate of drug-likeness (QED) is 0.574. The van der Waals surface area contributed by atoms with Gasteiger partial charge >= 0.3 is 5.00 Å². The van der Waals surface area contributed by atoms with Crippen molar-refractivity contribution in [2.75, 3.05) is 13.1 Å². The van der Waals surface area contributed by atoms with Gasteiger partial charge in [0.2, 0.25) is 5.91 Å². The number of likely N-dealkylation sites (N-methyl/N-ethyl adjacent to an activating group) is 1. The lowest BCUT2D eigenvalue weighted by atomic mass is 10.4. The number of nitrogens with one attached hydrogen (secondary N) is 2. The minimum absolute atomic E-state index is 0.0754. The molecule has 0 aromatic carbocycles. The van der Waals surface area contributed by atoms with E-state index in [0.717, 1.165) is 16.2 Å². The minimum Gasteiger partial charge on any atom is -0.355 e. The summed E-state index contributed by atoms with van der Waals surface area (Å²) in [6, 6.07) is 3.15. The van der Waals surface area contributed by atoms with Crippen LogP contribution >= 0.6 is 11.3 Å². The van der Waals surface area contributed by atoms with Crippen LogP contribution in [0.25, 0.3) is 0 Å². The molecule has 6 nitrogen and oxygen atoms in total. The first-order chi connectivity index (χ1) is 7.63. The molecule has 0 aliphatic heterocycles. The number of nitrogens with zero attached hydrogens (tertiary/aromatic N) is 1. The molecule has 88 valence electrons. The minimum atomic E-state index is -0.419. The number of carbonyl (C=O) groups excluding carboxylic acids is 1. The van der Waals surface area contributed by atoms with Gasteiger partial charge in [-0.1, -0.05) is 11.3 Å². The second-order valence-corrected chi connectivity index (χ2v) is 4.20. The summed E-state index contributed by atoms with van der Waals surface area (Å²) in [6.07, 6.45) is 0. The van der Waals surface area contributed by atoms with E-state index in [1.807, 2.05) is 6.92 Å². The lowest BCUT2D eigenvalue weighted by molar-refractivity contribution is -0.380. The molecular formula is C9H13N3O3S. The van der Waals surface area contributed by atoms with E-state index < -0.39 is 4.92 Å². The molecular weight excluding hydrogens is 230 g/mol. The van der Waals surface area contributed by atoms with E-state index in [2.05, 4.69) is 10.6 Å². The normalized spacial score (nSPS) is 10.1. The smallest absolute Gasteiger partial charge is 0.324 e. The van der Waals surface area contributed by atoms with Crippen LogP contribution in [0.4, 0.5) is 5.00 Å². The molecule has 0 bridgehead atoms. The van der Waals surface area contributed by atoms with Crippen molar-refractivity contribution in [2.24, 2.45) is 0 Å². The largest absolute Gasteiger partial charge is 0.355 e. The third-order valence-corrected chi connectivity index (χ3v) is 2.82. The Kier molecular flexibility index (Phi) is 4.87. The van der Waals surface area contributed by atoms with Crippen LogP contribution in [0.3, 0.4) is 0 Å². The number of thiophene rings is 1. The molecule has 1 rings (SSSR count). The van der Waals surface area contributed by atoms with Crippen molar-refractivity contribution in [2.45, 2.75) is 13.5 Å². The van der Waals surface area contributed by atoms with Gasteiger partial charge in [0.25, 0.3) is 0 Å². The molecule has 16 heavy (non-hydrogen) atoms. The summed E-state index contributed by atoms with van der Waals surface area (Å²) in [5, 5.41) is 16.1. The van der Waals surface area contributed by atoms with E-state index in [9.17, 15) is 14.9 Å². The Morgan fingerprint density at radius 3 is 2.88 bits per heavy atom. The Balaban J connectivity index is 2.32. The van der Waals surface area contributed by atoms with Gasteiger partial charge in [0.15, 0.2) is 0 Å². The maximum absolute atomic E-state index is 11.1. The highest BCUT2D eigenvalue weighted by Crippen LogP contribution is 2.23. The summed E-state index contributed by atoms with van der Waals surface area (Å²) in [5.41, 5.74) is 0. The molecule has 7 heteroatoms. The second-order valence-electron chi connectivity index (χ2n) is 3.05. The zero-order valence-electron chi connectivity index (χ0n) is 8.86. The van der Waals surface area contributed by atoms with Crippen LogP contribution < -0.4 is 10.6 Å². The molecule has 1 aromatic rings. The number of amides is 1. The average Bonchev–Trinajstić information content (AvgIpc) is 2.67. The first kappa shape index (κ1) is 12.6. The van der Waals surface area contributed by atoms with Gasteiger partial charge in [-0.15, -0.1) is 0 Å². The molecule has 1 amide bonds. The Bertz CT molecular complexity index is 378. The fourth-order valence-electron chi connectivity index (χ4n) is 1.12. The van der Waals surface area contributed by atoms with Crippen molar-refractivity contribution in [3.63, 3.8) is 0 Å². The third-order valence-electron chi connectivity index (χ3n) is 1.79. The first-order valence-electron chi connectivity index (χ1n) is 4.84. The lowest BCUT2D eigenvalue weighted by Gasteiger charge is -2.02. The molecule has 1 aromatic heterocycles. The van der Waals surface area contributed by atoms with Crippen LogP contribution in [0.1, 0.15) is 11.8 Å². The fourth-order valence-corrected chi connectivity index (χ4v) is 1.91. The molecule has 0 aliphatic rings. The number of hydrogen-bond donors (Lipinski definition) is 2. The number of hydrogen-bond acceptors (Lipinski definition) is 5. The Hall–Kier alpha value is -1.47. The van der Waals surface area contributed by atoms with Crippen molar-refractivity contribution >= 4 is 22.2 Å². The molecule has 1 heterocycles. The summed E-state index contributed by atoms with van der Waals surface area (Å²) in [6.45, 7) is 3.14. The van der Waals surface area contributed by atoms with Gasteiger partial charge in [0, 0.05) is 24.0 Å². The highest BCUT2D eigenvalue weighted by molar-refractivity contribution is 7.15. The van der Waals surface area contributed by atoms with Gasteiger partial charge in [0.05, 0.1) is 11.5 Å². The highest BCUT2D eigenvalue weighted by atomic mass is 32.1. The van der Waals surface area contributed by atoms with Gasteiger partial charge in [-0.05, 0) is 13.0 Å². The maximum Gasteiger partial charge on any atom is 0.324 e. The van der Waals surface area contributed by atoms with Crippen LogP contribution in [0, 0.1) is 10.1 Å². The van der Waals surface area contributed by atoms with E-state index in [0.29, 0.717) is 13.1 Å². The molecule has 0 unspecified atom stereocenters. The van der Waals surface area contributed by atoms with Crippen LogP contribution in [0.15, 0.2) is 12.1 Å². The lowest BCUT2D eigenvalue weighted by Crippen LogP contribution is -2.33. The van der Waals surface area contributed by atoms with Crippen molar-refractivity contribution in [3.05, 3.63) is 27.1 Å². The van der Waals surface area contributed by atoms with Gasteiger partial charge in [-0.3, -0.25) is 14.9 Å². The van der Waals surface area contributed by atoms with Crippen LogP contribution in [-0.2, 0) is 11.3 Å². The number of nitro groups is 1. The summed E-state index contributed by atoms with van der Waals surface area (Å²) >= 11 is 1.11. The highest BCUT2D eigenvalue weighted by Gasteiger charge is 2.09. The van der Waals surface area contributed by atoms with Crippen LogP contribution in [0.5, 0.6) is 0 Å². The molecule has 0 spiro atoms. The van der Waals surface area contributed by atoms with Crippen molar-refractivity contribution in [3.8, 4) is 0 Å². The molecule has 0 saturated carbocycles. The van der Waals surface area contributed by atoms with Crippen molar-refractivity contribution in [1.29, 1.82) is 0 Å². The monoisotopic (exact) mass is 243 g/mol. The van der Waals surface area contributed by atoms with Gasteiger partial charge in [0.1, 0.15) is 0 Å². The molecule has 0 radical (unpaired) electrons. The van der Waals surface area contributed by atoms with E-state index in [-0.39, 0.29) is 17.5 Å². The van der Waals surface area contributed by atoms with Gasteiger partial charge in [-0.25, -0.2) is 0 Å². The fraction of sp³-hybridized carbons (Fsp3) is 0.444. The predicted molar refractivity (Wildman–Crippen MR) is 61.4 cm³/mol. The van der Waals surface area contributed by atoms with Crippen LogP contribution in [0.2, 0.25) is 0 Å². The van der Waals surface area contributed by atoms with Gasteiger partial charge in [-0.2, -0.15) is 0 Å². The van der Waals surface area contributed by atoms with E-state index >= 15 is 0 Å². The Morgan fingerprint density at radius 1 is 1.56 bits per heavy atom. The molecule has 0 saturated heterocycles. The summed E-state index contributed by atoms with van der Waals surface area (Å²) < 4.78 is 0. The predicted octanol–water partition coefficient (Wildman–Crippen LogP) is 0.882. The van der Waals surface area contributed by atoms with Crippen molar-refractivity contribution in [1.82, 2.24) is 10.6 Å². The first-order valence-corrected chi connectivity index (χ1v) is 5.65. The van der Waals surface area contributed by atoms with Crippen LogP contribution in [-0.4, -0.2) is 23.9 Å². The topological polar surface area (TPSA) is 84.3 Å². The Morgan fingerprint density at radius 2 is 2.31 bits per heavy atom. The zero-order valence-corrected chi connectivity index (χ0v) is 9.67. The van der Waals surface area contributed by atoms with E-state index in [1.165, 1.54) is 6.07 Å². The summed E-state index contributed by atoms with van der Waals surface area (Å²) in [4.78, 5) is 21.9. The maximum atomic E-state index is 11.1. The molecule has 0 atom stereocenters. The van der Waals surface area contributed by atoms with E-state index in [1.54, 1.807) is 6.07 Å². The third kappa shape index (κ3) is 3.95. The number of carbonyl (C=O) groups is 1. The van der Waals surface area contributed by atoms with E-state index in [4.69, 9.17) is 0 Å². The Labute approximate surface area is 96.8 Å². The number of rotatable bonds is 6. The average molecular weight is 243 g/mol. The summed E-state index contributed by atoms with van der Waals surface area (Å²) in [7, 11) is 0. The zero-order chi connectivity index (χ0) is 12.0. The van der Waals surface area contributed by atoms with Gasteiger partial charge < -0.3 is 10.6 Å². The molecule has 2 N–H and O–H groups in total. The molecule has 0 fully saturated rings. The standard InChI is InChI=1S/C9H13N3O3S/c1-2-11-8(13)6-10-5-7-3-4-9(16-7)12(14)15/h3-4,10H,2,5-6H2,1H3,(H,11,13). The SMILES string of the molecule is CCNC(=O)CNCc1ccc([N+](=O)[O-])s1. The second kappa shape index (κ2) is 6.19. The van der Waals surface area contributed by atoms with Crippen molar-refractivity contribution < 1.29 is 9.72 Å². The summed E-state index contributed by atoms with van der Waals surface area (Å²) in [5.74, 6) is -0.0754. The molecule has 0 aliphatic carbocycles.